The Hall–Kier alpha value is -2.82. The standard InChI is InChI=1S/C23H23NO4/c25-22(26)20-18-11-5-6-12-24(21(18)20)23(27)28-13-19-16-9-3-1-7-14(16)15-8-2-4-10-17(15)19/h1-4,7-10,18-21H,5-6,11-13H2,(H,25,26)/t18-,20-,21-/m1/s1. The molecular formula is C23H23NO4. The van der Waals surface area contributed by atoms with Crippen LogP contribution in [-0.4, -0.2) is 41.3 Å². The lowest BCUT2D eigenvalue weighted by atomic mass is 9.98. The number of ether oxygens (including phenoxy) is 1. The number of amides is 1. The van der Waals surface area contributed by atoms with Gasteiger partial charge in [0.05, 0.1) is 12.0 Å². The van der Waals surface area contributed by atoms with E-state index in [1.165, 1.54) is 22.3 Å². The third-order valence-electron chi connectivity index (χ3n) is 6.53. The predicted molar refractivity (Wildman–Crippen MR) is 104 cm³/mol. The maximum atomic E-state index is 12.8. The Labute approximate surface area is 163 Å². The van der Waals surface area contributed by atoms with Crippen LogP contribution < -0.4 is 0 Å². The molecule has 3 atom stereocenters. The molecule has 144 valence electrons. The smallest absolute Gasteiger partial charge is 0.410 e. The fourth-order valence-corrected chi connectivity index (χ4v) is 5.16. The molecule has 28 heavy (non-hydrogen) atoms. The van der Waals surface area contributed by atoms with Crippen LogP contribution in [0.4, 0.5) is 4.79 Å². The van der Waals surface area contributed by atoms with E-state index in [9.17, 15) is 14.7 Å². The quantitative estimate of drug-likeness (QED) is 0.874. The van der Waals surface area contributed by atoms with Crippen molar-refractivity contribution < 1.29 is 19.4 Å². The van der Waals surface area contributed by atoms with E-state index in [0.717, 1.165) is 19.3 Å². The number of aliphatic carboxylic acids is 1. The van der Waals surface area contributed by atoms with E-state index in [-0.39, 0.29) is 30.6 Å². The van der Waals surface area contributed by atoms with Gasteiger partial charge in [-0.05, 0) is 41.0 Å². The Morgan fingerprint density at radius 3 is 2.29 bits per heavy atom. The van der Waals surface area contributed by atoms with Gasteiger partial charge in [-0.2, -0.15) is 0 Å². The number of benzene rings is 2. The molecule has 2 fully saturated rings. The molecule has 3 aliphatic rings. The van der Waals surface area contributed by atoms with Crippen molar-refractivity contribution in [2.24, 2.45) is 11.8 Å². The molecule has 1 saturated heterocycles. The third kappa shape index (κ3) is 2.68. The summed E-state index contributed by atoms with van der Waals surface area (Å²) in [5.74, 6) is -1.12. The summed E-state index contributed by atoms with van der Waals surface area (Å²) in [5, 5.41) is 9.42. The normalized spacial score (nSPS) is 25.3. The molecule has 1 N–H and O–H groups in total. The second kappa shape index (κ2) is 6.66. The highest BCUT2D eigenvalue weighted by atomic mass is 16.6. The van der Waals surface area contributed by atoms with Crippen LogP contribution in [0, 0.1) is 11.8 Å². The number of carboxylic acid groups (broad SMARTS) is 1. The summed E-state index contributed by atoms with van der Waals surface area (Å²) in [7, 11) is 0. The molecule has 0 bridgehead atoms. The number of nitrogens with zero attached hydrogens (tertiary/aromatic N) is 1. The van der Waals surface area contributed by atoms with Gasteiger partial charge in [0.2, 0.25) is 0 Å². The first-order valence-electron chi connectivity index (χ1n) is 10.0. The lowest BCUT2D eigenvalue weighted by molar-refractivity contribution is -0.139. The van der Waals surface area contributed by atoms with Gasteiger partial charge in [0.25, 0.3) is 0 Å². The second-order valence-electron chi connectivity index (χ2n) is 8.01. The second-order valence-corrected chi connectivity index (χ2v) is 8.01. The number of likely N-dealkylation sites (tertiary alicyclic amines) is 1. The number of hydrogen-bond donors (Lipinski definition) is 1. The molecule has 2 aliphatic carbocycles. The fourth-order valence-electron chi connectivity index (χ4n) is 5.16. The van der Waals surface area contributed by atoms with Crippen LogP contribution in [0.3, 0.4) is 0 Å². The van der Waals surface area contributed by atoms with E-state index in [2.05, 4.69) is 24.3 Å². The van der Waals surface area contributed by atoms with Crippen molar-refractivity contribution in [1.29, 1.82) is 0 Å². The van der Waals surface area contributed by atoms with E-state index in [4.69, 9.17) is 4.74 Å². The topological polar surface area (TPSA) is 66.8 Å². The lowest BCUT2D eigenvalue weighted by Gasteiger charge is -2.23. The van der Waals surface area contributed by atoms with Gasteiger partial charge in [0, 0.05) is 12.5 Å². The summed E-state index contributed by atoms with van der Waals surface area (Å²) in [6.45, 7) is 0.861. The van der Waals surface area contributed by atoms with Gasteiger partial charge in [0.1, 0.15) is 6.61 Å². The number of carbonyl (C=O) groups excluding carboxylic acids is 1. The molecule has 0 radical (unpaired) electrons. The molecule has 2 aromatic carbocycles. The van der Waals surface area contributed by atoms with Gasteiger partial charge in [-0.1, -0.05) is 55.0 Å². The zero-order valence-corrected chi connectivity index (χ0v) is 15.6. The molecule has 5 heteroatoms. The van der Waals surface area contributed by atoms with Gasteiger partial charge in [-0.25, -0.2) is 4.79 Å². The van der Waals surface area contributed by atoms with E-state index < -0.39 is 11.9 Å². The summed E-state index contributed by atoms with van der Waals surface area (Å²) in [6.07, 6.45) is 2.39. The minimum absolute atomic E-state index is 0.0219. The van der Waals surface area contributed by atoms with Crippen molar-refractivity contribution in [2.45, 2.75) is 31.2 Å². The molecule has 1 amide bonds. The Kier molecular flexibility index (Phi) is 4.11. The van der Waals surface area contributed by atoms with Crippen molar-refractivity contribution in [2.75, 3.05) is 13.2 Å². The molecular weight excluding hydrogens is 354 g/mol. The largest absolute Gasteiger partial charge is 0.481 e. The van der Waals surface area contributed by atoms with Crippen molar-refractivity contribution in [3.05, 3.63) is 59.7 Å². The van der Waals surface area contributed by atoms with Crippen molar-refractivity contribution in [3.63, 3.8) is 0 Å². The third-order valence-corrected chi connectivity index (χ3v) is 6.53. The fraction of sp³-hybridized carbons (Fsp3) is 0.391. The summed E-state index contributed by atoms with van der Waals surface area (Å²) in [4.78, 5) is 26.0. The summed E-state index contributed by atoms with van der Waals surface area (Å²) >= 11 is 0. The number of carbonyl (C=O) groups is 2. The SMILES string of the molecule is O=C(O)[C@@H]1[C@H]2CCCCN(C(=O)OCC3c4ccccc4-c4ccccc43)[C@H]21. The Balaban J connectivity index is 1.34. The zero-order valence-electron chi connectivity index (χ0n) is 15.6. The Morgan fingerprint density at radius 2 is 1.64 bits per heavy atom. The average molecular weight is 377 g/mol. The maximum Gasteiger partial charge on any atom is 0.410 e. The van der Waals surface area contributed by atoms with E-state index >= 15 is 0 Å². The summed E-state index contributed by atoms with van der Waals surface area (Å²) < 4.78 is 5.75. The van der Waals surface area contributed by atoms with Gasteiger partial charge in [0.15, 0.2) is 0 Å². The highest BCUT2D eigenvalue weighted by Gasteiger charge is 2.59. The molecule has 0 spiro atoms. The highest BCUT2D eigenvalue weighted by molar-refractivity contribution is 5.80. The van der Waals surface area contributed by atoms with E-state index in [1.807, 2.05) is 24.3 Å². The van der Waals surface area contributed by atoms with Crippen molar-refractivity contribution in [1.82, 2.24) is 4.90 Å². The number of carboxylic acids is 1. The highest BCUT2D eigenvalue weighted by Crippen LogP contribution is 2.49. The molecule has 5 rings (SSSR count). The summed E-state index contributed by atoms with van der Waals surface area (Å²) in [5.41, 5.74) is 4.75. The van der Waals surface area contributed by atoms with E-state index in [1.54, 1.807) is 4.90 Å². The first-order valence-corrected chi connectivity index (χ1v) is 10.0. The van der Waals surface area contributed by atoms with Crippen LogP contribution in [0.1, 0.15) is 36.3 Å². The van der Waals surface area contributed by atoms with Gasteiger partial charge in [-0.15, -0.1) is 0 Å². The van der Waals surface area contributed by atoms with Crippen LogP contribution in [0.15, 0.2) is 48.5 Å². The minimum Gasteiger partial charge on any atom is -0.481 e. The van der Waals surface area contributed by atoms with Gasteiger partial charge in [-0.3, -0.25) is 4.79 Å². The first kappa shape index (κ1) is 17.3. The molecule has 0 aromatic heterocycles. The van der Waals surface area contributed by atoms with Gasteiger partial charge < -0.3 is 14.7 Å². The monoisotopic (exact) mass is 377 g/mol. The van der Waals surface area contributed by atoms with Crippen molar-refractivity contribution in [3.8, 4) is 11.1 Å². The summed E-state index contributed by atoms with van der Waals surface area (Å²) in [6, 6.07) is 16.3. The molecule has 5 nitrogen and oxygen atoms in total. The predicted octanol–water partition coefficient (Wildman–Crippen LogP) is 4.12. The van der Waals surface area contributed by atoms with Crippen LogP contribution in [0.2, 0.25) is 0 Å². The lowest BCUT2D eigenvalue weighted by Crippen LogP contribution is -2.36. The van der Waals surface area contributed by atoms with Crippen LogP contribution in [0.25, 0.3) is 11.1 Å². The first-order chi connectivity index (χ1) is 13.7. The van der Waals surface area contributed by atoms with E-state index in [0.29, 0.717) is 6.54 Å². The molecule has 0 unspecified atom stereocenters. The number of rotatable bonds is 3. The Morgan fingerprint density at radius 1 is 1.00 bits per heavy atom. The van der Waals surface area contributed by atoms with Crippen LogP contribution in [-0.2, 0) is 9.53 Å². The zero-order chi connectivity index (χ0) is 19.3. The average Bonchev–Trinajstić information content (AvgIpc) is 3.37. The van der Waals surface area contributed by atoms with Crippen LogP contribution >= 0.6 is 0 Å². The van der Waals surface area contributed by atoms with Gasteiger partial charge >= 0.3 is 12.1 Å². The molecule has 1 aliphatic heterocycles. The van der Waals surface area contributed by atoms with Crippen molar-refractivity contribution >= 4 is 12.1 Å². The minimum atomic E-state index is -0.798. The molecule has 2 aromatic rings. The number of hydrogen-bond acceptors (Lipinski definition) is 3. The number of fused-ring (bicyclic) bond motifs is 4. The molecule has 1 heterocycles. The molecule has 1 saturated carbocycles. The van der Waals surface area contributed by atoms with Crippen LogP contribution in [0.5, 0.6) is 0 Å². The Bertz CT molecular complexity index is 894. The maximum absolute atomic E-state index is 12.8.